The zero-order chi connectivity index (χ0) is 16.9. The molecule has 6 heteroatoms. The summed E-state index contributed by atoms with van der Waals surface area (Å²) in [6.45, 7) is 2.59. The second kappa shape index (κ2) is 8.04. The van der Waals surface area contributed by atoms with E-state index in [2.05, 4.69) is 15.9 Å². The van der Waals surface area contributed by atoms with Crippen molar-refractivity contribution in [1.82, 2.24) is 4.31 Å². The molecule has 124 valence electrons. The second-order valence-electron chi connectivity index (χ2n) is 5.25. The number of hydrogen-bond donors (Lipinski definition) is 0. The number of nitrogens with zero attached hydrogens (tertiary/aromatic N) is 1. The Morgan fingerprint density at radius 3 is 2.43 bits per heavy atom. The van der Waals surface area contributed by atoms with Gasteiger partial charge in [0.25, 0.3) is 0 Å². The van der Waals surface area contributed by atoms with Crippen molar-refractivity contribution in [3.8, 4) is 0 Å². The lowest BCUT2D eigenvalue weighted by molar-refractivity contribution is 0.395. The molecular formula is C17H19BrFNO2S. The molecule has 0 spiro atoms. The lowest BCUT2D eigenvalue weighted by atomic mass is 10.2. The topological polar surface area (TPSA) is 37.4 Å². The van der Waals surface area contributed by atoms with Gasteiger partial charge in [-0.15, -0.1) is 0 Å². The highest BCUT2D eigenvalue weighted by Crippen LogP contribution is 2.24. The van der Waals surface area contributed by atoms with Crippen LogP contribution in [0.25, 0.3) is 0 Å². The van der Waals surface area contributed by atoms with Gasteiger partial charge in [-0.2, -0.15) is 4.31 Å². The lowest BCUT2D eigenvalue weighted by Gasteiger charge is -2.22. The summed E-state index contributed by atoms with van der Waals surface area (Å²) < 4.78 is 41.7. The number of hydrogen-bond acceptors (Lipinski definition) is 2. The van der Waals surface area contributed by atoms with Gasteiger partial charge in [0.1, 0.15) is 10.7 Å². The summed E-state index contributed by atoms with van der Waals surface area (Å²) in [7, 11) is -3.88. The first-order chi connectivity index (χ1) is 10.9. The third kappa shape index (κ3) is 4.62. The van der Waals surface area contributed by atoms with Gasteiger partial charge in [0.15, 0.2) is 0 Å². The number of rotatable bonds is 7. The fourth-order valence-corrected chi connectivity index (χ4v) is 4.07. The molecule has 0 heterocycles. The highest BCUT2D eigenvalue weighted by Gasteiger charge is 2.27. The van der Waals surface area contributed by atoms with Gasteiger partial charge < -0.3 is 0 Å². The number of benzene rings is 2. The predicted octanol–water partition coefficient (Wildman–Crippen LogP) is 4.58. The fraction of sp³-hybridized carbons (Fsp3) is 0.294. The molecule has 0 fully saturated rings. The van der Waals surface area contributed by atoms with Crippen molar-refractivity contribution in [1.29, 1.82) is 0 Å². The Labute approximate surface area is 145 Å². The van der Waals surface area contributed by atoms with Gasteiger partial charge >= 0.3 is 0 Å². The maximum atomic E-state index is 14.1. The van der Waals surface area contributed by atoms with Gasteiger partial charge in [0.2, 0.25) is 10.0 Å². The second-order valence-corrected chi connectivity index (χ2v) is 8.07. The molecule has 0 radical (unpaired) electrons. The summed E-state index contributed by atoms with van der Waals surface area (Å²) >= 11 is 3.15. The molecule has 0 atom stereocenters. The maximum Gasteiger partial charge on any atom is 0.246 e. The quantitative estimate of drug-likeness (QED) is 0.683. The van der Waals surface area contributed by atoms with E-state index in [0.29, 0.717) is 11.0 Å². The van der Waals surface area contributed by atoms with Gasteiger partial charge in [0.05, 0.1) is 0 Å². The molecule has 0 bridgehead atoms. The van der Waals surface area contributed by atoms with Crippen LogP contribution in [0, 0.1) is 5.82 Å². The van der Waals surface area contributed by atoms with Crippen LogP contribution < -0.4 is 0 Å². The van der Waals surface area contributed by atoms with Crippen LogP contribution in [0.5, 0.6) is 0 Å². The van der Waals surface area contributed by atoms with Crippen molar-refractivity contribution in [2.24, 2.45) is 0 Å². The predicted molar refractivity (Wildman–Crippen MR) is 93.0 cm³/mol. The van der Waals surface area contributed by atoms with Crippen LogP contribution in [0.15, 0.2) is 57.9 Å². The zero-order valence-electron chi connectivity index (χ0n) is 12.9. The smallest absolute Gasteiger partial charge is 0.207 e. The van der Waals surface area contributed by atoms with E-state index in [0.717, 1.165) is 18.4 Å². The molecule has 0 unspecified atom stereocenters. The third-order valence-electron chi connectivity index (χ3n) is 3.47. The van der Waals surface area contributed by atoms with Crippen LogP contribution in [0.4, 0.5) is 4.39 Å². The minimum absolute atomic E-state index is 0.235. The Balaban J connectivity index is 2.36. The molecule has 0 N–H and O–H groups in total. The Morgan fingerprint density at radius 1 is 1.13 bits per heavy atom. The zero-order valence-corrected chi connectivity index (χ0v) is 15.3. The van der Waals surface area contributed by atoms with E-state index in [1.807, 2.05) is 37.3 Å². The minimum atomic E-state index is -3.88. The lowest BCUT2D eigenvalue weighted by Crippen LogP contribution is -2.32. The first-order valence-corrected chi connectivity index (χ1v) is 9.67. The summed E-state index contributed by atoms with van der Waals surface area (Å²) in [5, 5.41) is 0. The molecule has 23 heavy (non-hydrogen) atoms. The van der Waals surface area contributed by atoms with Crippen LogP contribution in [-0.2, 0) is 16.6 Å². The molecule has 0 aromatic heterocycles. The van der Waals surface area contributed by atoms with Crippen molar-refractivity contribution in [2.75, 3.05) is 6.54 Å². The Kier molecular flexibility index (Phi) is 6.33. The van der Waals surface area contributed by atoms with Crippen LogP contribution in [-0.4, -0.2) is 19.3 Å². The maximum absolute atomic E-state index is 14.1. The summed E-state index contributed by atoms with van der Waals surface area (Å²) in [5.41, 5.74) is 0.879. The Hall–Kier alpha value is -1.24. The third-order valence-corrected chi connectivity index (χ3v) is 5.85. The van der Waals surface area contributed by atoms with Crippen molar-refractivity contribution in [3.05, 3.63) is 64.4 Å². The monoisotopic (exact) mass is 399 g/mol. The molecular weight excluding hydrogens is 381 g/mol. The first kappa shape index (κ1) is 18.1. The van der Waals surface area contributed by atoms with Crippen LogP contribution in [0.1, 0.15) is 25.3 Å². The van der Waals surface area contributed by atoms with Gasteiger partial charge in [0, 0.05) is 17.6 Å². The summed E-state index contributed by atoms with van der Waals surface area (Å²) in [6.07, 6.45) is 1.59. The largest absolute Gasteiger partial charge is 0.246 e. The van der Waals surface area contributed by atoms with Crippen LogP contribution in [0.3, 0.4) is 0 Å². The van der Waals surface area contributed by atoms with Crippen LogP contribution in [0.2, 0.25) is 0 Å². The van der Waals surface area contributed by atoms with E-state index >= 15 is 0 Å². The fourth-order valence-electron chi connectivity index (χ4n) is 2.23. The molecule has 0 aliphatic heterocycles. The van der Waals surface area contributed by atoms with Crippen LogP contribution >= 0.6 is 15.9 Å². The molecule has 3 nitrogen and oxygen atoms in total. The number of unbranched alkanes of at least 4 members (excludes halogenated alkanes) is 1. The van der Waals surface area contributed by atoms with Crippen molar-refractivity contribution in [3.63, 3.8) is 0 Å². The number of sulfonamides is 1. The van der Waals surface area contributed by atoms with Gasteiger partial charge in [-0.05, 0) is 30.2 Å². The summed E-state index contributed by atoms with van der Waals surface area (Å²) in [6, 6.07) is 13.4. The highest BCUT2D eigenvalue weighted by atomic mass is 79.9. The van der Waals surface area contributed by atoms with E-state index in [1.165, 1.54) is 22.5 Å². The summed E-state index contributed by atoms with van der Waals surface area (Å²) in [4.78, 5) is -0.285. The average Bonchev–Trinajstić information content (AvgIpc) is 2.52. The Bertz CT molecular complexity index is 750. The molecule has 2 rings (SSSR count). The SMILES string of the molecule is CCCCN(Cc1ccccc1)S(=O)(=O)c1ccc(Br)cc1F. The molecule has 2 aromatic rings. The number of halogens is 2. The molecule has 0 aliphatic carbocycles. The molecule has 0 saturated carbocycles. The van der Waals surface area contributed by atoms with E-state index in [4.69, 9.17) is 0 Å². The normalized spacial score (nSPS) is 11.8. The first-order valence-electron chi connectivity index (χ1n) is 7.44. The van der Waals surface area contributed by atoms with Gasteiger partial charge in [-0.3, -0.25) is 0 Å². The van der Waals surface area contributed by atoms with E-state index < -0.39 is 15.8 Å². The standard InChI is InChI=1S/C17H19BrFNO2S/c1-2-3-11-20(13-14-7-5-4-6-8-14)23(21,22)17-10-9-15(18)12-16(17)19/h4-10,12H,2-3,11,13H2,1H3. The molecule has 0 amide bonds. The Morgan fingerprint density at radius 2 is 1.83 bits per heavy atom. The summed E-state index contributed by atoms with van der Waals surface area (Å²) in [5.74, 6) is -0.742. The van der Waals surface area contributed by atoms with E-state index in [1.54, 1.807) is 0 Å². The van der Waals surface area contributed by atoms with Crippen molar-refractivity contribution in [2.45, 2.75) is 31.2 Å². The van der Waals surface area contributed by atoms with Crippen molar-refractivity contribution < 1.29 is 12.8 Å². The van der Waals surface area contributed by atoms with Crippen molar-refractivity contribution >= 4 is 26.0 Å². The minimum Gasteiger partial charge on any atom is -0.207 e. The molecule has 0 saturated heterocycles. The molecule has 2 aromatic carbocycles. The highest BCUT2D eigenvalue weighted by molar-refractivity contribution is 9.10. The average molecular weight is 400 g/mol. The van der Waals surface area contributed by atoms with Gasteiger partial charge in [-0.1, -0.05) is 59.6 Å². The molecule has 0 aliphatic rings. The van der Waals surface area contributed by atoms with E-state index in [-0.39, 0.29) is 11.4 Å². The van der Waals surface area contributed by atoms with E-state index in [9.17, 15) is 12.8 Å². The van der Waals surface area contributed by atoms with Gasteiger partial charge in [-0.25, -0.2) is 12.8 Å².